The SMILES string of the molecule is CCCCOc1c(Br)cc(F)cc1-c1cc(C(C)(C)C)cc(C(C)(C)C)c1. The van der Waals surface area contributed by atoms with E-state index in [2.05, 4.69) is 82.6 Å². The van der Waals surface area contributed by atoms with Gasteiger partial charge in [-0.1, -0.05) is 73.1 Å². The van der Waals surface area contributed by atoms with Gasteiger partial charge in [0.05, 0.1) is 11.1 Å². The van der Waals surface area contributed by atoms with Crippen molar-refractivity contribution < 1.29 is 9.13 Å². The van der Waals surface area contributed by atoms with Gasteiger partial charge >= 0.3 is 0 Å². The lowest BCUT2D eigenvalue weighted by Crippen LogP contribution is -2.16. The van der Waals surface area contributed by atoms with Crippen molar-refractivity contribution in [3.63, 3.8) is 0 Å². The molecule has 0 spiro atoms. The van der Waals surface area contributed by atoms with Crippen LogP contribution in [-0.4, -0.2) is 6.61 Å². The molecular weight excluding hydrogens is 403 g/mol. The van der Waals surface area contributed by atoms with Gasteiger partial charge in [0.2, 0.25) is 0 Å². The van der Waals surface area contributed by atoms with E-state index in [4.69, 9.17) is 4.74 Å². The van der Waals surface area contributed by atoms with Crippen LogP contribution in [0.15, 0.2) is 34.8 Å². The van der Waals surface area contributed by atoms with E-state index in [0.717, 1.165) is 29.7 Å². The molecule has 0 unspecified atom stereocenters. The molecule has 0 fully saturated rings. The van der Waals surface area contributed by atoms with E-state index in [1.165, 1.54) is 17.2 Å². The highest BCUT2D eigenvalue weighted by atomic mass is 79.9. The molecule has 2 aromatic rings. The molecule has 2 rings (SSSR count). The highest BCUT2D eigenvalue weighted by Crippen LogP contribution is 2.41. The standard InChI is InChI=1S/C24H32BrFO/c1-8-9-10-27-22-20(14-19(26)15-21(22)25)16-11-17(23(2,3)4)13-18(12-16)24(5,6)7/h11-15H,8-10H2,1-7H3. The monoisotopic (exact) mass is 434 g/mol. The van der Waals surface area contributed by atoms with Crippen LogP contribution in [0.25, 0.3) is 11.1 Å². The van der Waals surface area contributed by atoms with Gasteiger partial charge in [-0.2, -0.15) is 0 Å². The van der Waals surface area contributed by atoms with Crippen LogP contribution in [0.4, 0.5) is 4.39 Å². The fraction of sp³-hybridized carbons (Fsp3) is 0.500. The number of rotatable bonds is 5. The summed E-state index contributed by atoms with van der Waals surface area (Å²) in [5, 5.41) is 0. The van der Waals surface area contributed by atoms with Crippen LogP contribution in [-0.2, 0) is 10.8 Å². The Morgan fingerprint density at radius 1 is 0.889 bits per heavy atom. The number of ether oxygens (including phenoxy) is 1. The van der Waals surface area contributed by atoms with Gasteiger partial charge in [-0.15, -0.1) is 0 Å². The van der Waals surface area contributed by atoms with Gasteiger partial charge in [0.1, 0.15) is 11.6 Å². The molecule has 0 heterocycles. The zero-order valence-corrected chi connectivity index (χ0v) is 19.3. The second kappa shape index (κ2) is 8.34. The molecule has 0 aromatic heterocycles. The van der Waals surface area contributed by atoms with Gasteiger partial charge in [0, 0.05) is 5.56 Å². The van der Waals surface area contributed by atoms with E-state index < -0.39 is 0 Å². The van der Waals surface area contributed by atoms with E-state index in [1.807, 2.05) is 0 Å². The van der Waals surface area contributed by atoms with E-state index in [9.17, 15) is 4.39 Å². The summed E-state index contributed by atoms with van der Waals surface area (Å²) in [5.41, 5.74) is 4.29. The van der Waals surface area contributed by atoms with Crippen molar-refractivity contribution >= 4 is 15.9 Å². The van der Waals surface area contributed by atoms with Crippen LogP contribution in [0, 0.1) is 5.82 Å². The largest absolute Gasteiger partial charge is 0.492 e. The van der Waals surface area contributed by atoms with Gasteiger partial charge in [0.25, 0.3) is 0 Å². The zero-order valence-electron chi connectivity index (χ0n) is 17.7. The van der Waals surface area contributed by atoms with Crippen molar-refractivity contribution in [2.75, 3.05) is 6.61 Å². The normalized spacial score (nSPS) is 12.3. The summed E-state index contributed by atoms with van der Waals surface area (Å²) >= 11 is 3.50. The van der Waals surface area contributed by atoms with Crippen LogP contribution >= 0.6 is 15.9 Å². The fourth-order valence-corrected chi connectivity index (χ4v) is 3.44. The highest BCUT2D eigenvalue weighted by molar-refractivity contribution is 9.10. The summed E-state index contributed by atoms with van der Waals surface area (Å²) in [6, 6.07) is 9.67. The summed E-state index contributed by atoms with van der Waals surface area (Å²) < 4.78 is 21.0. The van der Waals surface area contributed by atoms with Crippen LogP contribution in [0.2, 0.25) is 0 Å². The van der Waals surface area contributed by atoms with Crippen molar-refractivity contribution in [3.8, 4) is 16.9 Å². The highest BCUT2D eigenvalue weighted by Gasteiger charge is 2.22. The number of hydrogen-bond donors (Lipinski definition) is 0. The molecule has 0 saturated carbocycles. The fourth-order valence-electron chi connectivity index (χ4n) is 2.89. The average Bonchev–Trinajstić information content (AvgIpc) is 2.54. The molecule has 1 nitrogen and oxygen atoms in total. The van der Waals surface area contributed by atoms with Crippen LogP contribution < -0.4 is 4.74 Å². The number of unbranched alkanes of at least 4 members (excludes halogenated alkanes) is 1. The second-order valence-electron chi connectivity index (χ2n) is 9.27. The third-order valence-corrected chi connectivity index (χ3v) is 5.32. The van der Waals surface area contributed by atoms with Gasteiger partial charge in [-0.3, -0.25) is 0 Å². The number of halogens is 2. The maximum Gasteiger partial charge on any atom is 0.141 e. The first-order chi connectivity index (χ1) is 12.4. The minimum absolute atomic E-state index is 0.00377. The van der Waals surface area contributed by atoms with Crippen LogP contribution in [0.1, 0.15) is 72.4 Å². The third kappa shape index (κ3) is 5.57. The summed E-state index contributed by atoms with van der Waals surface area (Å²) in [7, 11) is 0. The Hall–Kier alpha value is -1.35. The topological polar surface area (TPSA) is 9.23 Å². The maximum absolute atomic E-state index is 14.3. The molecule has 148 valence electrons. The molecular formula is C24H32BrFO. The van der Waals surface area contributed by atoms with E-state index in [-0.39, 0.29) is 16.6 Å². The lowest BCUT2D eigenvalue weighted by atomic mass is 9.79. The van der Waals surface area contributed by atoms with E-state index in [0.29, 0.717) is 11.1 Å². The second-order valence-corrected chi connectivity index (χ2v) is 10.1. The molecule has 0 saturated heterocycles. The molecule has 0 N–H and O–H groups in total. The molecule has 0 atom stereocenters. The molecule has 0 aliphatic heterocycles. The molecule has 0 aliphatic rings. The van der Waals surface area contributed by atoms with Crippen molar-refractivity contribution in [3.05, 3.63) is 51.7 Å². The van der Waals surface area contributed by atoms with Gasteiger partial charge in [0.15, 0.2) is 0 Å². The van der Waals surface area contributed by atoms with Gasteiger partial charge in [-0.25, -0.2) is 4.39 Å². The first kappa shape index (κ1) is 21.9. The van der Waals surface area contributed by atoms with Crippen molar-refractivity contribution in [2.45, 2.75) is 72.1 Å². The van der Waals surface area contributed by atoms with Crippen molar-refractivity contribution in [2.24, 2.45) is 0 Å². The summed E-state index contributed by atoms with van der Waals surface area (Å²) in [5.74, 6) is 0.453. The number of benzene rings is 2. The molecule has 0 bridgehead atoms. The smallest absolute Gasteiger partial charge is 0.141 e. The van der Waals surface area contributed by atoms with E-state index in [1.54, 1.807) is 6.07 Å². The molecule has 0 radical (unpaired) electrons. The Balaban J connectivity index is 2.69. The quantitative estimate of drug-likeness (QED) is 0.432. The van der Waals surface area contributed by atoms with E-state index >= 15 is 0 Å². The average molecular weight is 435 g/mol. The number of hydrogen-bond acceptors (Lipinski definition) is 1. The minimum Gasteiger partial charge on any atom is -0.492 e. The Kier molecular flexibility index (Phi) is 6.78. The molecule has 0 amide bonds. The predicted octanol–water partition coefficient (Wildman–Crippen LogP) is 8.03. The van der Waals surface area contributed by atoms with Crippen LogP contribution in [0.5, 0.6) is 5.75 Å². The third-order valence-electron chi connectivity index (χ3n) is 4.73. The van der Waals surface area contributed by atoms with Crippen molar-refractivity contribution in [1.82, 2.24) is 0 Å². The molecule has 27 heavy (non-hydrogen) atoms. The van der Waals surface area contributed by atoms with Gasteiger partial charge < -0.3 is 4.74 Å². The summed E-state index contributed by atoms with van der Waals surface area (Å²) in [6.45, 7) is 16.0. The Morgan fingerprint density at radius 2 is 1.44 bits per heavy atom. The van der Waals surface area contributed by atoms with Crippen molar-refractivity contribution in [1.29, 1.82) is 0 Å². The maximum atomic E-state index is 14.3. The summed E-state index contributed by atoms with van der Waals surface area (Å²) in [6.07, 6.45) is 2.03. The molecule has 2 aromatic carbocycles. The van der Waals surface area contributed by atoms with Gasteiger partial charge in [-0.05, 0) is 62.0 Å². The first-order valence-electron chi connectivity index (χ1n) is 9.71. The molecule has 0 aliphatic carbocycles. The Labute approximate surface area is 172 Å². The predicted molar refractivity (Wildman–Crippen MR) is 117 cm³/mol. The Bertz CT molecular complexity index is 765. The first-order valence-corrected chi connectivity index (χ1v) is 10.5. The minimum atomic E-state index is -0.266. The lowest BCUT2D eigenvalue weighted by molar-refractivity contribution is 0.308. The molecule has 3 heteroatoms. The summed E-state index contributed by atoms with van der Waals surface area (Å²) in [4.78, 5) is 0. The lowest BCUT2D eigenvalue weighted by Gasteiger charge is -2.27. The Morgan fingerprint density at radius 3 is 1.93 bits per heavy atom. The zero-order chi connectivity index (χ0) is 20.4. The van der Waals surface area contributed by atoms with Crippen LogP contribution in [0.3, 0.4) is 0 Å².